The van der Waals surface area contributed by atoms with Crippen molar-refractivity contribution in [3.63, 3.8) is 0 Å². The van der Waals surface area contributed by atoms with Gasteiger partial charge in [-0.05, 0) is 44.6 Å². The molecule has 2 heterocycles. The number of fused-ring (bicyclic) bond motifs is 1. The highest BCUT2D eigenvalue weighted by Gasteiger charge is 2.33. The van der Waals surface area contributed by atoms with Gasteiger partial charge in [0, 0.05) is 31.0 Å². The lowest BCUT2D eigenvalue weighted by Gasteiger charge is -2.33. The van der Waals surface area contributed by atoms with Crippen molar-refractivity contribution in [3.8, 4) is 0 Å². The fraction of sp³-hybridized carbons (Fsp3) is 0.455. The third kappa shape index (κ3) is 4.99. The number of piperidine rings is 1. The first-order chi connectivity index (χ1) is 14.9. The maximum Gasteiger partial charge on any atom is 0.257 e. The molecule has 2 aromatic rings. The highest BCUT2D eigenvalue weighted by atomic mass is 32.1. The Balaban J connectivity index is 1.38. The fourth-order valence-corrected chi connectivity index (χ4v) is 5.07. The number of benzene rings is 1. The number of thiazole rings is 1. The minimum atomic E-state index is -0.505. The van der Waals surface area contributed by atoms with Crippen molar-refractivity contribution in [1.82, 2.24) is 15.2 Å². The second kappa shape index (κ2) is 9.23. The highest BCUT2D eigenvalue weighted by molar-refractivity contribution is 7.17. The van der Waals surface area contributed by atoms with Crippen LogP contribution in [0.3, 0.4) is 0 Å². The van der Waals surface area contributed by atoms with Gasteiger partial charge in [0.05, 0.1) is 16.5 Å². The van der Waals surface area contributed by atoms with Crippen LogP contribution in [-0.4, -0.2) is 53.7 Å². The summed E-state index contributed by atoms with van der Waals surface area (Å²) in [7, 11) is 2.07. The van der Waals surface area contributed by atoms with Crippen LogP contribution in [-0.2, 0) is 11.2 Å². The monoisotopic (exact) mass is 444 g/mol. The Morgan fingerprint density at radius 2 is 2.13 bits per heavy atom. The van der Waals surface area contributed by atoms with Gasteiger partial charge in [-0.25, -0.2) is 9.37 Å². The van der Waals surface area contributed by atoms with E-state index in [4.69, 9.17) is 0 Å². The molecular formula is C22H25FN4O3S. The van der Waals surface area contributed by atoms with E-state index in [1.165, 1.54) is 31.0 Å². The summed E-state index contributed by atoms with van der Waals surface area (Å²) in [5.74, 6) is -1.72. The predicted octanol–water partition coefficient (Wildman–Crippen LogP) is 2.88. The number of amides is 2. The Morgan fingerprint density at radius 1 is 1.29 bits per heavy atom. The Bertz CT molecular complexity index is 1010. The molecule has 2 aliphatic rings. The van der Waals surface area contributed by atoms with Gasteiger partial charge in [-0.1, -0.05) is 23.8 Å². The van der Waals surface area contributed by atoms with E-state index in [1.54, 1.807) is 0 Å². The molecule has 0 saturated carbocycles. The number of likely N-dealkylation sites (N-methyl/N-ethyl adjacent to an activating group) is 1. The SMILES string of the molecule is CN1CCCCC1CNC(=O)C1CC(=O)c2sc(NC(=O)c3cccc(F)c3)nc2C1. The molecule has 0 spiro atoms. The summed E-state index contributed by atoms with van der Waals surface area (Å²) in [6.45, 7) is 1.62. The van der Waals surface area contributed by atoms with E-state index in [1.807, 2.05) is 0 Å². The zero-order chi connectivity index (χ0) is 22.0. The predicted molar refractivity (Wildman–Crippen MR) is 116 cm³/mol. The Labute approximate surface area is 184 Å². The second-order valence-corrected chi connectivity index (χ2v) is 9.16. The van der Waals surface area contributed by atoms with Gasteiger partial charge in [-0.3, -0.25) is 19.7 Å². The van der Waals surface area contributed by atoms with Crippen LogP contribution in [0.2, 0.25) is 0 Å². The zero-order valence-corrected chi connectivity index (χ0v) is 18.1. The number of carbonyl (C=O) groups is 3. The largest absolute Gasteiger partial charge is 0.354 e. The summed E-state index contributed by atoms with van der Waals surface area (Å²) in [4.78, 5) is 44.7. The molecule has 1 fully saturated rings. The number of halogens is 1. The van der Waals surface area contributed by atoms with E-state index < -0.39 is 17.6 Å². The van der Waals surface area contributed by atoms with Gasteiger partial charge in [-0.15, -0.1) is 0 Å². The molecule has 2 atom stereocenters. The topological polar surface area (TPSA) is 91.4 Å². The molecule has 1 saturated heterocycles. The first-order valence-electron chi connectivity index (χ1n) is 10.5. The lowest BCUT2D eigenvalue weighted by molar-refractivity contribution is -0.125. The molecule has 31 heavy (non-hydrogen) atoms. The first kappa shape index (κ1) is 21.6. The Hall–Kier alpha value is -2.65. The smallest absolute Gasteiger partial charge is 0.257 e. The molecule has 1 aromatic heterocycles. The number of aromatic nitrogens is 1. The maximum absolute atomic E-state index is 13.3. The van der Waals surface area contributed by atoms with Crippen molar-refractivity contribution in [2.24, 2.45) is 5.92 Å². The van der Waals surface area contributed by atoms with Crippen molar-refractivity contribution < 1.29 is 18.8 Å². The Morgan fingerprint density at radius 3 is 2.90 bits per heavy atom. The van der Waals surface area contributed by atoms with Crippen LogP contribution in [0, 0.1) is 11.7 Å². The van der Waals surface area contributed by atoms with Gasteiger partial charge in [0.15, 0.2) is 10.9 Å². The van der Waals surface area contributed by atoms with Gasteiger partial charge < -0.3 is 10.2 Å². The normalized spacial score (nSPS) is 21.4. The third-order valence-corrected chi connectivity index (χ3v) is 6.99. The minimum absolute atomic E-state index is 0.128. The minimum Gasteiger partial charge on any atom is -0.354 e. The molecule has 4 rings (SSSR count). The molecule has 2 amide bonds. The van der Waals surface area contributed by atoms with Crippen molar-refractivity contribution in [2.75, 3.05) is 25.5 Å². The summed E-state index contributed by atoms with van der Waals surface area (Å²) in [5, 5.41) is 5.91. The average Bonchev–Trinajstić information content (AvgIpc) is 3.16. The van der Waals surface area contributed by atoms with Crippen LogP contribution >= 0.6 is 11.3 Å². The van der Waals surface area contributed by atoms with Gasteiger partial charge in [0.25, 0.3) is 5.91 Å². The quantitative estimate of drug-likeness (QED) is 0.740. The number of hydrogen-bond donors (Lipinski definition) is 2. The van der Waals surface area contributed by atoms with Crippen LogP contribution in [0.25, 0.3) is 0 Å². The van der Waals surface area contributed by atoms with Crippen molar-refractivity contribution in [2.45, 2.75) is 38.1 Å². The number of ketones is 1. The number of likely N-dealkylation sites (tertiary alicyclic amines) is 1. The van der Waals surface area contributed by atoms with Crippen LogP contribution in [0.1, 0.15) is 51.4 Å². The molecule has 1 aliphatic carbocycles. The molecule has 7 nitrogen and oxygen atoms in total. The number of Topliss-reactive ketones (excluding diaryl/α,β-unsaturated/α-hetero) is 1. The van der Waals surface area contributed by atoms with Crippen LogP contribution in [0.15, 0.2) is 24.3 Å². The summed E-state index contributed by atoms with van der Waals surface area (Å²) in [6.07, 6.45) is 3.91. The lowest BCUT2D eigenvalue weighted by Crippen LogP contribution is -2.46. The molecule has 2 unspecified atom stereocenters. The van der Waals surface area contributed by atoms with E-state index >= 15 is 0 Å². The summed E-state index contributed by atoms with van der Waals surface area (Å²) in [6, 6.07) is 5.68. The van der Waals surface area contributed by atoms with Gasteiger partial charge in [0.2, 0.25) is 5.91 Å². The summed E-state index contributed by atoms with van der Waals surface area (Å²) >= 11 is 1.10. The number of nitrogens with zero attached hydrogens (tertiary/aromatic N) is 2. The molecule has 9 heteroatoms. The maximum atomic E-state index is 13.3. The lowest BCUT2D eigenvalue weighted by atomic mass is 9.89. The van der Waals surface area contributed by atoms with E-state index in [0.717, 1.165) is 30.4 Å². The summed E-state index contributed by atoms with van der Waals surface area (Å²) in [5.41, 5.74) is 0.704. The van der Waals surface area contributed by atoms with E-state index in [2.05, 4.69) is 27.6 Å². The first-order valence-corrected chi connectivity index (χ1v) is 11.3. The molecule has 164 valence electrons. The molecule has 1 aliphatic heterocycles. The van der Waals surface area contributed by atoms with E-state index in [0.29, 0.717) is 29.6 Å². The van der Waals surface area contributed by atoms with Crippen molar-refractivity contribution in [3.05, 3.63) is 46.2 Å². The molecule has 0 bridgehead atoms. The number of anilines is 1. The van der Waals surface area contributed by atoms with Gasteiger partial charge in [0.1, 0.15) is 5.82 Å². The number of nitrogens with one attached hydrogen (secondary N) is 2. The molecular weight excluding hydrogens is 419 g/mol. The van der Waals surface area contributed by atoms with Crippen molar-refractivity contribution >= 4 is 34.1 Å². The van der Waals surface area contributed by atoms with E-state index in [-0.39, 0.29) is 28.8 Å². The summed E-state index contributed by atoms with van der Waals surface area (Å²) < 4.78 is 13.3. The van der Waals surface area contributed by atoms with E-state index in [9.17, 15) is 18.8 Å². The average molecular weight is 445 g/mol. The number of rotatable bonds is 5. The van der Waals surface area contributed by atoms with Crippen molar-refractivity contribution in [1.29, 1.82) is 0 Å². The standard InChI is InChI=1S/C22H25FN4O3S/c1-27-8-3-2-7-16(27)12-24-20(29)14-10-17-19(18(28)11-14)31-22(25-17)26-21(30)13-5-4-6-15(23)9-13/h4-6,9,14,16H,2-3,7-8,10-12H2,1H3,(H,24,29)(H,25,26,30). The van der Waals surface area contributed by atoms with Gasteiger partial charge in [-0.2, -0.15) is 0 Å². The van der Waals surface area contributed by atoms with Crippen LogP contribution in [0.4, 0.5) is 9.52 Å². The molecule has 0 radical (unpaired) electrons. The number of carbonyl (C=O) groups excluding carboxylic acids is 3. The van der Waals surface area contributed by atoms with Crippen LogP contribution in [0.5, 0.6) is 0 Å². The second-order valence-electron chi connectivity index (χ2n) is 8.16. The molecule has 2 N–H and O–H groups in total. The zero-order valence-electron chi connectivity index (χ0n) is 17.3. The highest BCUT2D eigenvalue weighted by Crippen LogP contribution is 2.32. The fourth-order valence-electron chi connectivity index (χ4n) is 4.13. The third-order valence-electron chi connectivity index (χ3n) is 5.93. The van der Waals surface area contributed by atoms with Gasteiger partial charge >= 0.3 is 0 Å². The van der Waals surface area contributed by atoms with Crippen LogP contribution < -0.4 is 10.6 Å². The number of hydrogen-bond acceptors (Lipinski definition) is 6. The molecule has 1 aromatic carbocycles. The Kier molecular flexibility index (Phi) is 6.43.